The average Bonchev–Trinajstić information content (AvgIpc) is 3.07. The summed E-state index contributed by atoms with van der Waals surface area (Å²) < 4.78 is 35.6. The number of carbonyl (C=O) groups is 2. The second-order valence-electron chi connectivity index (χ2n) is 7.64. The SMILES string of the molecule is CCCNS(=O)(=O)c1cc(NC(=O)c2ccccc2C)ccc1Oc1c(C)c(C(=O)O)nn1C. The molecule has 0 spiro atoms. The normalized spacial score (nSPS) is 11.3. The van der Waals surface area contributed by atoms with Crippen LogP contribution in [-0.4, -0.2) is 41.7 Å². The smallest absolute Gasteiger partial charge is 0.356 e. The minimum absolute atomic E-state index is 0.0412. The first kappa shape index (κ1) is 24.9. The summed E-state index contributed by atoms with van der Waals surface area (Å²) in [6.45, 7) is 5.35. The molecule has 3 N–H and O–H groups in total. The van der Waals surface area contributed by atoms with Gasteiger partial charge in [0.25, 0.3) is 5.91 Å². The Morgan fingerprint density at radius 3 is 2.47 bits per heavy atom. The first-order valence-corrected chi connectivity index (χ1v) is 12.0. The third kappa shape index (κ3) is 5.26. The highest BCUT2D eigenvalue weighted by Gasteiger charge is 2.25. The lowest BCUT2D eigenvalue weighted by Crippen LogP contribution is -2.25. The molecule has 0 bridgehead atoms. The van der Waals surface area contributed by atoms with Crippen LogP contribution >= 0.6 is 0 Å². The number of nitrogens with zero attached hydrogens (tertiary/aromatic N) is 2. The molecule has 180 valence electrons. The Bertz CT molecular complexity index is 1350. The molecule has 0 saturated heterocycles. The van der Waals surface area contributed by atoms with Crippen molar-refractivity contribution in [3.05, 3.63) is 64.8 Å². The van der Waals surface area contributed by atoms with Crippen molar-refractivity contribution in [3.8, 4) is 11.6 Å². The van der Waals surface area contributed by atoms with E-state index >= 15 is 0 Å². The van der Waals surface area contributed by atoms with Crippen molar-refractivity contribution in [1.29, 1.82) is 0 Å². The number of hydrogen-bond acceptors (Lipinski definition) is 6. The molecular weight excluding hydrogens is 460 g/mol. The summed E-state index contributed by atoms with van der Waals surface area (Å²) in [6.07, 6.45) is 0.571. The zero-order valence-electron chi connectivity index (χ0n) is 19.2. The molecule has 11 heteroatoms. The van der Waals surface area contributed by atoms with Crippen LogP contribution in [0.15, 0.2) is 47.4 Å². The van der Waals surface area contributed by atoms with Crippen molar-refractivity contribution in [2.24, 2.45) is 7.05 Å². The summed E-state index contributed by atoms with van der Waals surface area (Å²) in [6, 6.07) is 11.2. The van der Waals surface area contributed by atoms with E-state index in [2.05, 4.69) is 15.1 Å². The Labute approximate surface area is 197 Å². The van der Waals surface area contributed by atoms with Gasteiger partial charge in [-0.2, -0.15) is 5.10 Å². The van der Waals surface area contributed by atoms with Gasteiger partial charge in [0, 0.05) is 30.4 Å². The second-order valence-corrected chi connectivity index (χ2v) is 9.37. The van der Waals surface area contributed by atoms with Crippen molar-refractivity contribution in [2.45, 2.75) is 32.1 Å². The van der Waals surface area contributed by atoms with Crippen molar-refractivity contribution in [2.75, 3.05) is 11.9 Å². The molecule has 34 heavy (non-hydrogen) atoms. The van der Waals surface area contributed by atoms with Gasteiger partial charge >= 0.3 is 5.97 Å². The molecule has 1 heterocycles. The molecule has 0 radical (unpaired) electrons. The maximum Gasteiger partial charge on any atom is 0.356 e. The fourth-order valence-electron chi connectivity index (χ4n) is 3.28. The summed E-state index contributed by atoms with van der Waals surface area (Å²) in [4.78, 5) is 23.9. The molecule has 0 saturated carbocycles. The van der Waals surface area contributed by atoms with Crippen LogP contribution in [0.25, 0.3) is 0 Å². The van der Waals surface area contributed by atoms with Gasteiger partial charge in [-0.3, -0.25) is 4.79 Å². The van der Waals surface area contributed by atoms with Crippen LogP contribution < -0.4 is 14.8 Å². The summed E-state index contributed by atoms with van der Waals surface area (Å²) in [7, 11) is -2.52. The van der Waals surface area contributed by atoms with Gasteiger partial charge in [0.1, 0.15) is 10.6 Å². The van der Waals surface area contributed by atoms with Gasteiger partial charge in [-0.25, -0.2) is 22.6 Å². The standard InChI is InChI=1S/C23H26N4O6S/c1-5-12-24-34(31,32)19-13-16(25-21(28)17-9-7-6-8-14(17)2)10-11-18(19)33-22-15(3)20(23(29)30)26-27(22)4/h6-11,13,24H,5,12H2,1-4H3,(H,25,28)(H,29,30). The fourth-order valence-corrected chi connectivity index (χ4v) is 4.57. The van der Waals surface area contributed by atoms with Gasteiger partial charge in [-0.05, 0) is 50.1 Å². The largest absolute Gasteiger partial charge is 0.476 e. The highest BCUT2D eigenvalue weighted by atomic mass is 32.2. The van der Waals surface area contributed by atoms with E-state index in [-0.39, 0.29) is 45.9 Å². The number of benzene rings is 2. The third-order valence-electron chi connectivity index (χ3n) is 5.05. The maximum absolute atomic E-state index is 13.0. The summed E-state index contributed by atoms with van der Waals surface area (Å²) >= 11 is 0. The van der Waals surface area contributed by atoms with E-state index in [9.17, 15) is 23.1 Å². The number of rotatable bonds is 9. The number of sulfonamides is 1. The summed E-state index contributed by atoms with van der Waals surface area (Å²) in [5.74, 6) is -1.57. The van der Waals surface area contributed by atoms with E-state index in [4.69, 9.17) is 4.74 Å². The first-order chi connectivity index (χ1) is 16.0. The van der Waals surface area contributed by atoms with Crippen molar-refractivity contribution >= 4 is 27.6 Å². The molecule has 1 amide bonds. The molecule has 0 fully saturated rings. The number of carboxylic acids is 1. The first-order valence-electron chi connectivity index (χ1n) is 10.5. The molecule has 0 aliphatic carbocycles. The third-order valence-corrected chi connectivity index (χ3v) is 6.53. The van der Waals surface area contributed by atoms with Gasteiger partial charge in [0.2, 0.25) is 15.9 Å². The van der Waals surface area contributed by atoms with Crippen molar-refractivity contribution < 1.29 is 27.9 Å². The Morgan fingerprint density at radius 1 is 1.15 bits per heavy atom. The molecule has 3 aromatic rings. The lowest BCUT2D eigenvalue weighted by molar-refractivity contribution is 0.0688. The lowest BCUT2D eigenvalue weighted by atomic mass is 10.1. The number of anilines is 1. The molecular formula is C23H26N4O6S. The van der Waals surface area contributed by atoms with Crippen LogP contribution in [0.4, 0.5) is 5.69 Å². The van der Waals surface area contributed by atoms with Gasteiger partial charge in [0.15, 0.2) is 5.69 Å². The van der Waals surface area contributed by atoms with Gasteiger partial charge < -0.3 is 15.2 Å². The van der Waals surface area contributed by atoms with Crippen LogP contribution in [-0.2, 0) is 17.1 Å². The van der Waals surface area contributed by atoms with Gasteiger partial charge in [-0.1, -0.05) is 25.1 Å². The predicted molar refractivity (Wildman–Crippen MR) is 126 cm³/mol. The summed E-state index contributed by atoms with van der Waals surface area (Å²) in [5.41, 5.74) is 1.54. The zero-order chi connectivity index (χ0) is 25.0. The molecule has 0 unspecified atom stereocenters. The average molecular weight is 487 g/mol. The highest BCUT2D eigenvalue weighted by Crippen LogP contribution is 2.33. The molecule has 0 atom stereocenters. The number of amides is 1. The van der Waals surface area contributed by atoms with Crippen molar-refractivity contribution in [1.82, 2.24) is 14.5 Å². The van der Waals surface area contributed by atoms with E-state index in [0.29, 0.717) is 12.0 Å². The van der Waals surface area contributed by atoms with Crippen LogP contribution in [0, 0.1) is 13.8 Å². The Morgan fingerprint density at radius 2 is 1.85 bits per heavy atom. The summed E-state index contributed by atoms with van der Waals surface area (Å²) in [5, 5.41) is 15.9. The monoisotopic (exact) mass is 486 g/mol. The van der Waals surface area contributed by atoms with E-state index in [1.165, 1.54) is 36.9 Å². The quantitative estimate of drug-likeness (QED) is 0.421. The minimum atomic E-state index is -4.01. The topological polar surface area (TPSA) is 140 Å². The number of nitrogens with one attached hydrogen (secondary N) is 2. The fraction of sp³-hybridized carbons (Fsp3) is 0.261. The Kier molecular flexibility index (Phi) is 7.38. The van der Waals surface area contributed by atoms with Crippen LogP contribution in [0.2, 0.25) is 0 Å². The Hall–Kier alpha value is -3.70. The molecule has 3 rings (SSSR count). The van der Waals surface area contributed by atoms with E-state index in [1.54, 1.807) is 25.1 Å². The second kappa shape index (κ2) is 10.1. The number of hydrogen-bond donors (Lipinski definition) is 3. The molecule has 2 aromatic carbocycles. The van der Waals surface area contributed by atoms with E-state index in [0.717, 1.165) is 5.56 Å². The number of aryl methyl sites for hydroxylation is 2. The minimum Gasteiger partial charge on any atom is -0.476 e. The number of ether oxygens (including phenoxy) is 1. The van der Waals surface area contributed by atoms with Gasteiger partial charge in [-0.15, -0.1) is 0 Å². The van der Waals surface area contributed by atoms with Crippen LogP contribution in [0.1, 0.15) is 45.3 Å². The molecule has 10 nitrogen and oxygen atoms in total. The number of aromatic nitrogens is 2. The van der Waals surface area contributed by atoms with E-state index in [1.807, 2.05) is 13.0 Å². The van der Waals surface area contributed by atoms with Crippen LogP contribution in [0.5, 0.6) is 11.6 Å². The number of carboxylic acid groups (broad SMARTS) is 1. The number of carbonyl (C=O) groups excluding carboxylic acids is 1. The predicted octanol–water partition coefficient (Wildman–Crippen LogP) is 3.47. The zero-order valence-corrected chi connectivity index (χ0v) is 20.1. The molecule has 0 aliphatic rings. The Balaban J connectivity index is 2.03. The number of aromatic carboxylic acids is 1. The van der Waals surface area contributed by atoms with Crippen LogP contribution in [0.3, 0.4) is 0 Å². The van der Waals surface area contributed by atoms with Gasteiger partial charge in [0.05, 0.1) is 0 Å². The van der Waals surface area contributed by atoms with E-state index < -0.39 is 16.0 Å². The maximum atomic E-state index is 13.0. The highest BCUT2D eigenvalue weighted by molar-refractivity contribution is 7.89. The molecule has 0 aliphatic heterocycles. The lowest BCUT2D eigenvalue weighted by Gasteiger charge is -2.15. The molecule has 1 aromatic heterocycles. The van der Waals surface area contributed by atoms with Crippen molar-refractivity contribution in [3.63, 3.8) is 0 Å².